The van der Waals surface area contributed by atoms with Crippen molar-refractivity contribution in [1.29, 1.82) is 0 Å². The minimum atomic E-state index is 0.695. The molecule has 4 nitrogen and oxygen atoms in total. The molecule has 8 aromatic carbocycles. The summed E-state index contributed by atoms with van der Waals surface area (Å²) in [5.41, 5.74) is 9.07. The van der Waals surface area contributed by atoms with Gasteiger partial charge >= 0.3 is 0 Å². The number of hydrogen-bond donors (Lipinski definition) is 0. The summed E-state index contributed by atoms with van der Waals surface area (Å²) < 4.78 is 17.5. The molecular weight excluding hydrogens is 637 g/mol. The molecule has 2 aromatic heterocycles. The molecule has 0 aliphatic rings. The van der Waals surface area contributed by atoms with Gasteiger partial charge in [0.05, 0.1) is 27.8 Å². The first-order chi connectivity index (χ1) is 25.8. The summed E-state index contributed by atoms with van der Waals surface area (Å²) in [6, 6.07) is 67.4. The van der Waals surface area contributed by atoms with Gasteiger partial charge in [-0.15, -0.1) is 0 Å². The molecule has 2 heterocycles. The molecule has 0 spiro atoms. The number of hydrogen-bond acceptors (Lipinski definition) is 2. The van der Waals surface area contributed by atoms with Crippen LogP contribution in [0.3, 0.4) is 0 Å². The second-order valence-electron chi connectivity index (χ2n) is 13.0. The highest BCUT2D eigenvalue weighted by Crippen LogP contribution is 2.40. The predicted octanol–water partition coefficient (Wildman–Crippen LogP) is 13.1. The van der Waals surface area contributed by atoms with E-state index in [1.54, 1.807) is 0 Å². The molecule has 4 heteroatoms. The van der Waals surface area contributed by atoms with Crippen LogP contribution in [0.25, 0.3) is 66.1 Å². The van der Waals surface area contributed by atoms with E-state index < -0.39 is 0 Å². The van der Waals surface area contributed by atoms with Gasteiger partial charge in [0.2, 0.25) is 0 Å². The Kier molecular flexibility index (Phi) is 7.10. The first-order valence-corrected chi connectivity index (χ1v) is 17.5. The monoisotopic (exact) mass is 668 g/mol. The molecular formula is C48H32N2O2. The Balaban J connectivity index is 1.13. The van der Waals surface area contributed by atoms with Crippen LogP contribution >= 0.6 is 0 Å². The van der Waals surface area contributed by atoms with E-state index >= 15 is 0 Å². The van der Waals surface area contributed by atoms with Crippen LogP contribution in [0.5, 0.6) is 23.0 Å². The van der Waals surface area contributed by atoms with Crippen molar-refractivity contribution in [1.82, 2.24) is 9.13 Å². The Labute approximate surface area is 301 Å². The first-order valence-electron chi connectivity index (χ1n) is 17.5. The summed E-state index contributed by atoms with van der Waals surface area (Å²) in [5, 5.41) is 4.84. The lowest BCUT2D eigenvalue weighted by Crippen LogP contribution is -1.96. The van der Waals surface area contributed by atoms with E-state index in [1.165, 1.54) is 43.7 Å². The number of aromatic nitrogens is 2. The number of ether oxygens (including phenoxy) is 2. The van der Waals surface area contributed by atoms with Gasteiger partial charge < -0.3 is 18.6 Å². The maximum absolute atomic E-state index is 6.40. The van der Waals surface area contributed by atoms with Gasteiger partial charge in [-0.2, -0.15) is 0 Å². The smallest absolute Gasteiger partial charge is 0.133 e. The maximum atomic E-state index is 6.40. The molecule has 52 heavy (non-hydrogen) atoms. The second kappa shape index (κ2) is 12.4. The fourth-order valence-electron chi connectivity index (χ4n) is 7.49. The predicted molar refractivity (Wildman–Crippen MR) is 214 cm³/mol. The third-order valence-electron chi connectivity index (χ3n) is 9.77. The number of para-hydroxylation sites is 5. The van der Waals surface area contributed by atoms with Crippen molar-refractivity contribution in [3.63, 3.8) is 0 Å². The first kappa shape index (κ1) is 29.8. The summed E-state index contributed by atoms with van der Waals surface area (Å²) in [4.78, 5) is 0. The zero-order valence-electron chi connectivity index (χ0n) is 28.2. The highest BCUT2D eigenvalue weighted by molar-refractivity contribution is 6.12. The number of fused-ring (bicyclic) bond motifs is 6. The summed E-state index contributed by atoms with van der Waals surface area (Å²) >= 11 is 0. The summed E-state index contributed by atoms with van der Waals surface area (Å²) in [7, 11) is 0. The van der Waals surface area contributed by atoms with Crippen LogP contribution in [0.4, 0.5) is 0 Å². The van der Waals surface area contributed by atoms with E-state index in [0.29, 0.717) is 11.5 Å². The molecule has 0 bridgehead atoms. The molecule has 0 aliphatic heterocycles. The molecule has 0 aliphatic carbocycles. The molecule has 0 saturated carbocycles. The lowest BCUT2D eigenvalue weighted by Gasteiger charge is -2.14. The van der Waals surface area contributed by atoms with E-state index in [0.717, 1.165) is 33.9 Å². The average Bonchev–Trinajstić information content (AvgIpc) is 3.71. The lowest BCUT2D eigenvalue weighted by atomic mass is 10.0. The minimum absolute atomic E-state index is 0.695. The summed E-state index contributed by atoms with van der Waals surface area (Å²) in [5.74, 6) is 2.92. The second-order valence-corrected chi connectivity index (χ2v) is 13.0. The Hall–Kier alpha value is -7.04. The van der Waals surface area contributed by atoms with Crippen LogP contribution in [-0.2, 0) is 0 Å². The third-order valence-corrected chi connectivity index (χ3v) is 9.77. The van der Waals surface area contributed by atoms with Crippen molar-refractivity contribution in [2.45, 2.75) is 0 Å². The standard InChI is InChI=1S/C48H32N2O2/c1-4-14-35(15-5-1)49-45-22-12-10-20-41(45)43-28-33(24-26-47(43)49)34-25-27-48-44(29-34)42-21-11-13-23-46(42)50(48)36-30-39(51-37-16-6-2-7-17-37)32-40(31-36)52-38-18-8-3-9-19-38/h1-32H. The number of rotatable bonds is 7. The zero-order chi connectivity index (χ0) is 34.4. The van der Waals surface area contributed by atoms with E-state index in [-0.39, 0.29) is 0 Å². The van der Waals surface area contributed by atoms with Crippen LogP contribution in [0.2, 0.25) is 0 Å². The molecule has 246 valence electrons. The van der Waals surface area contributed by atoms with Gasteiger partial charge in [0.1, 0.15) is 23.0 Å². The van der Waals surface area contributed by atoms with Gasteiger partial charge in [0, 0.05) is 45.4 Å². The van der Waals surface area contributed by atoms with Crippen molar-refractivity contribution in [2.75, 3.05) is 0 Å². The van der Waals surface area contributed by atoms with E-state index in [1.807, 2.05) is 66.7 Å². The van der Waals surface area contributed by atoms with Crippen LogP contribution in [0.1, 0.15) is 0 Å². The minimum Gasteiger partial charge on any atom is -0.457 e. The fraction of sp³-hybridized carbons (Fsp3) is 0. The lowest BCUT2D eigenvalue weighted by molar-refractivity contribution is 0.460. The topological polar surface area (TPSA) is 28.3 Å². The molecule has 0 fully saturated rings. The van der Waals surface area contributed by atoms with Gasteiger partial charge in [0.15, 0.2) is 0 Å². The van der Waals surface area contributed by atoms with Gasteiger partial charge in [-0.3, -0.25) is 0 Å². The Morgan fingerprint density at radius 2 is 0.673 bits per heavy atom. The fourth-order valence-corrected chi connectivity index (χ4v) is 7.49. The Morgan fingerprint density at radius 3 is 1.17 bits per heavy atom. The molecule has 10 rings (SSSR count). The molecule has 0 saturated heterocycles. The molecule has 0 atom stereocenters. The summed E-state index contributed by atoms with van der Waals surface area (Å²) in [6.45, 7) is 0. The van der Waals surface area contributed by atoms with Gasteiger partial charge in [-0.05, 0) is 83.9 Å². The van der Waals surface area contributed by atoms with E-state index in [4.69, 9.17) is 9.47 Å². The molecule has 0 unspecified atom stereocenters. The molecule has 10 aromatic rings. The van der Waals surface area contributed by atoms with Crippen molar-refractivity contribution in [2.24, 2.45) is 0 Å². The van der Waals surface area contributed by atoms with Gasteiger partial charge in [-0.1, -0.05) is 103 Å². The summed E-state index contributed by atoms with van der Waals surface area (Å²) in [6.07, 6.45) is 0. The van der Waals surface area contributed by atoms with E-state index in [9.17, 15) is 0 Å². The zero-order valence-corrected chi connectivity index (χ0v) is 28.2. The van der Waals surface area contributed by atoms with Crippen molar-refractivity contribution in [3.05, 3.63) is 194 Å². The number of benzene rings is 8. The quantitative estimate of drug-likeness (QED) is 0.169. The largest absolute Gasteiger partial charge is 0.457 e. The van der Waals surface area contributed by atoms with E-state index in [2.05, 4.69) is 137 Å². The average molecular weight is 669 g/mol. The SMILES string of the molecule is c1ccc(Oc2cc(Oc3ccccc3)cc(-n3c4ccccc4c4cc(-c5ccc6c(c5)c5ccccc5n6-c5ccccc5)ccc43)c2)cc1. The number of nitrogens with zero attached hydrogens (tertiary/aromatic N) is 2. The molecule has 0 N–H and O–H groups in total. The van der Waals surface area contributed by atoms with Crippen LogP contribution < -0.4 is 9.47 Å². The highest BCUT2D eigenvalue weighted by Gasteiger charge is 2.17. The molecule has 0 radical (unpaired) electrons. The van der Waals surface area contributed by atoms with Crippen LogP contribution in [0.15, 0.2) is 194 Å². The normalized spacial score (nSPS) is 11.5. The highest BCUT2D eigenvalue weighted by atomic mass is 16.5. The Morgan fingerprint density at radius 1 is 0.269 bits per heavy atom. The van der Waals surface area contributed by atoms with Crippen LogP contribution in [0, 0.1) is 0 Å². The maximum Gasteiger partial charge on any atom is 0.133 e. The van der Waals surface area contributed by atoms with Crippen molar-refractivity contribution in [3.8, 4) is 45.5 Å². The van der Waals surface area contributed by atoms with Crippen molar-refractivity contribution >= 4 is 43.6 Å². The Bertz CT molecular complexity index is 2830. The van der Waals surface area contributed by atoms with Gasteiger partial charge in [0.25, 0.3) is 0 Å². The van der Waals surface area contributed by atoms with Crippen LogP contribution in [-0.4, -0.2) is 9.13 Å². The van der Waals surface area contributed by atoms with Crippen molar-refractivity contribution < 1.29 is 9.47 Å². The third kappa shape index (κ3) is 5.17. The molecule has 0 amide bonds. The van der Waals surface area contributed by atoms with Gasteiger partial charge in [-0.25, -0.2) is 0 Å².